The minimum atomic E-state index is -0.319. The molecule has 1 N–H and O–H groups in total. The van der Waals surface area contributed by atoms with Crippen LogP contribution in [-0.4, -0.2) is 37.0 Å². The maximum absolute atomic E-state index is 12.6. The maximum atomic E-state index is 12.6. The Balaban J connectivity index is 1.70. The monoisotopic (exact) mass is 292 g/mol. The van der Waals surface area contributed by atoms with E-state index < -0.39 is 0 Å². The van der Waals surface area contributed by atoms with Crippen molar-refractivity contribution >= 4 is 17.5 Å². The molecule has 0 spiro atoms. The van der Waals surface area contributed by atoms with Gasteiger partial charge in [-0.25, -0.2) is 0 Å². The lowest BCUT2D eigenvalue weighted by molar-refractivity contribution is -0.124. The molecule has 0 bridgehead atoms. The molecular weight excluding hydrogens is 272 g/mol. The predicted molar refractivity (Wildman–Crippen MR) is 81.0 cm³/mol. The number of rotatable bonds is 3. The lowest BCUT2D eigenvalue weighted by Gasteiger charge is -2.31. The molecule has 1 aromatic rings. The molecule has 2 aliphatic rings. The van der Waals surface area contributed by atoms with E-state index in [1.165, 1.54) is 0 Å². The molecule has 1 aromatic carbocycles. The average Bonchev–Trinajstić information content (AvgIpc) is 3.20. The third-order valence-electron chi connectivity index (χ3n) is 4.52. The number of hydrogen-bond acceptors (Lipinski definition) is 2. The number of carbonyl (C=O) groups is 1. The molecule has 3 nitrogen and oxygen atoms in total. The van der Waals surface area contributed by atoms with Crippen LogP contribution in [0.1, 0.15) is 31.2 Å². The molecule has 1 aliphatic carbocycles. The summed E-state index contributed by atoms with van der Waals surface area (Å²) in [6.07, 6.45) is 4.11. The van der Waals surface area contributed by atoms with E-state index in [2.05, 4.69) is 17.3 Å². The van der Waals surface area contributed by atoms with Gasteiger partial charge in [0.05, 0.1) is 5.41 Å². The predicted octanol–water partition coefficient (Wildman–Crippen LogP) is 2.58. The largest absolute Gasteiger partial charge is 0.351 e. The summed E-state index contributed by atoms with van der Waals surface area (Å²) in [5, 5.41) is 3.95. The van der Waals surface area contributed by atoms with Crippen LogP contribution in [0.25, 0.3) is 0 Å². The zero-order valence-corrected chi connectivity index (χ0v) is 12.6. The van der Waals surface area contributed by atoms with Crippen molar-refractivity contribution < 1.29 is 4.79 Å². The summed E-state index contributed by atoms with van der Waals surface area (Å²) in [7, 11) is 2.11. The highest BCUT2D eigenvalue weighted by Gasteiger charge is 2.51. The summed E-state index contributed by atoms with van der Waals surface area (Å²) < 4.78 is 0. The fraction of sp³-hybridized carbons (Fsp3) is 0.562. The van der Waals surface area contributed by atoms with Gasteiger partial charge in [0.25, 0.3) is 0 Å². The van der Waals surface area contributed by atoms with Gasteiger partial charge in [-0.3, -0.25) is 4.79 Å². The van der Waals surface area contributed by atoms with Gasteiger partial charge in [-0.2, -0.15) is 0 Å². The maximum Gasteiger partial charge on any atom is 0.230 e. The first-order valence-electron chi connectivity index (χ1n) is 7.36. The summed E-state index contributed by atoms with van der Waals surface area (Å²) >= 11 is 6.06. The third kappa shape index (κ3) is 2.70. The summed E-state index contributed by atoms with van der Waals surface area (Å²) in [6.45, 7) is 2.09. The minimum Gasteiger partial charge on any atom is -0.351 e. The Morgan fingerprint density at radius 2 is 2.25 bits per heavy atom. The van der Waals surface area contributed by atoms with Gasteiger partial charge in [0.1, 0.15) is 0 Å². The molecule has 0 radical (unpaired) electrons. The van der Waals surface area contributed by atoms with E-state index in [-0.39, 0.29) is 17.4 Å². The fourth-order valence-corrected chi connectivity index (χ4v) is 3.36. The smallest absolute Gasteiger partial charge is 0.230 e. The lowest BCUT2D eigenvalue weighted by atomic mass is 9.94. The zero-order valence-electron chi connectivity index (χ0n) is 11.9. The highest BCUT2D eigenvalue weighted by Crippen LogP contribution is 2.49. The normalized spacial score (nSPS) is 25.2. The Morgan fingerprint density at radius 3 is 2.90 bits per heavy atom. The van der Waals surface area contributed by atoms with E-state index >= 15 is 0 Å². The molecule has 0 aromatic heterocycles. The van der Waals surface area contributed by atoms with Crippen molar-refractivity contribution in [3.05, 3.63) is 34.9 Å². The third-order valence-corrected chi connectivity index (χ3v) is 4.76. The van der Waals surface area contributed by atoms with E-state index in [4.69, 9.17) is 11.6 Å². The van der Waals surface area contributed by atoms with Crippen molar-refractivity contribution in [2.45, 2.75) is 37.1 Å². The molecular formula is C16H21ClN2O. The van der Waals surface area contributed by atoms with Crippen LogP contribution >= 0.6 is 11.6 Å². The van der Waals surface area contributed by atoms with Gasteiger partial charge in [0.15, 0.2) is 0 Å². The Morgan fingerprint density at radius 1 is 1.45 bits per heavy atom. The average molecular weight is 293 g/mol. The first-order valence-corrected chi connectivity index (χ1v) is 7.73. The number of carbonyl (C=O) groups excluding carboxylic acids is 1. The van der Waals surface area contributed by atoms with E-state index in [0.29, 0.717) is 5.02 Å². The Bertz CT molecular complexity index is 513. The number of amides is 1. The van der Waals surface area contributed by atoms with Crippen LogP contribution in [0.3, 0.4) is 0 Å². The van der Waals surface area contributed by atoms with Gasteiger partial charge in [-0.05, 0) is 57.0 Å². The van der Waals surface area contributed by atoms with Crippen molar-refractivity contribution in [3.8, 4) is 0 Å². The molecule has 20 heavy (non-hydrogen) atoms. The highest BCUT2D eigenvalue weighted by molar-refractivity contribution is 6.30. The van der Waals surface area contributed by atoms with Gasteiger partial charge in [-0.15, -0.1) is 0 Å². The van der Waals surface area contributed by atoms with Crippen LogP contribution in [0.15, 0.2) is 24.3 Å². The first kappa shape index (κ1) is 13.9. The topological polar surface area (TPSA) is 32.3 Å². The molecule has 1 heterocycles. The molecule has 3 rings (SSSR count). The fourth-order valence-electron chi connectivity index (χ4n) is 3.17. The van der Waals surface area contributed by atoms with E-state index in [0.717, 1.165) is 44.3 Å². The number of nitrogens with zero attached hydrogens (tertiary/aromatic N) is 1. The molecule has 1 aliphatic heterocycles. The van der Waals surface area contributed by atoms with Crippen LogP contribution in [0, 0.1) is 0 Å². The first-order chi connectivity index (χ1) is 9.60. The second-order valence-corrected chi connectivity index (χ2v) is 6.60. The number of halogens is 1. The summed E-state index contributed by atoms with van der Waals surface area (Å²) in [6, 6.07) is 8.03. The Labute approximate surface area is 125 Å². The van der Waals surface area contributed by atoms with Gasteiger partial charge in [0.2, 0.25) is 5.91 Å². The molecule has 1 atom stereocenters. The molecule has 1 saturated heterocycles. The molecule has 1 saturated carbocycles. The molecule has 108 valence electrons. The second kappa shape index (κ2) is 5.38. The molecule has 1 amide bonds. The SMILES string of the molecule is CN1CCCC(NC(=O)C2(c3cccc(Cl)c3)CC2)C1. The number of piperidine rings is 1. The number of hydrogen-bond donors (Lipinski definition) is 1. The van der Waals surface area contributed by atoms with Gasteiger partial charge >= 0.3 is 0 Å². The van der Waals surface area contributed by atoms with E-state index in [1.807, 2.05) is 24.3 Å². The summed E-state index contributed by atoms with van der Waals surface area (Å²) in [4.78, 5) is 14.9. The number of nitrogens with one attached hydrogen (secondary N) is 1. The zero-order chi connectivity index (χ0) is 14.2. The number of benzene rings is 1. The van der Waals surface area contributed by atoms with Gasteiger partial charge < -0.3 is 10.2 Å². The van der Waals surface area contributed by atoms with Crippen molar-refractivity contribution in [1.82, 2.24) is 10.2 Å². The summed E-state index contributed by atoms with van der Waals surface area (Å²) in [5.74, 6) is 0.181. The lowest BCUT2D eigenvalue weighted by Crippen LogP contribution is -2.49. The number of likely N-dealkylation sites (tertiary alicyclic amines) is 1. The van der Waals surface area contributed by atoms with Gasteiger partial charge in [0, 0.05) is 17.6 Å². The van der Waals surface area contributed by atoms with Crippen molar-refractivity contribution in [1.29, 1.82) is 0 Å². The van der Waals surface area contributed by atoms with Crippen molar-refractivity contribution in [2.75, 3.05) is 20.1 Å². The standard InChI is InChI=1S/C16H21ClN2O/c1-19-9-3-6-14(11-19)18-15(20)16(7-8-16)12-4-2-5-13(17)10-12/h2,4-5,10,14H,3,6-9,11H2,1H3,(H,18,20). The Hall–Kier alpha value is -1.06. The van der Waals surface area contributed by atoms with E-state index in [1.54, 1.807) is 0 Å². The van der Waals surface area contributed by atoms with Gasteiger partial charge in [-0.1, -0.05) is 23.7 Å². The molecule has 4 heteroatoms. The number of likely N-dealkylation sites (N-methyl/N-ethyl adjacent to an activating group) is 1. The van der Waals surface area contributed by atoms with Crippen molar-refractivity contribution in [2.24, 2.45) is 0 Å². The highest BCUT2D eigenvalue weighted by atomic mass is 35.5. The molecule has 1 unspecified atom stereocenters. The summed E-state index contributed by atoms with van der Waals surface area (Å²) in [5.41, 5.74) is 0.743. The van der Waals surface area contributed by atoms with Crippen molar-refractivity contribution in [3.63, 3.8) is 0 Å². The van der Waals surface area contributed by atoms with Crippen LogP contribution in [0.5, 0.6) is 0 Å². The molecule has 2 fully saturated rings. The van der Waals surface area contributed by atoms with E-state index in [9.17, 15) is 4.79 Å². The van der Waals surface area contributed by atoms with Crippen LogP contribution in [0.2, 0.25) is 5.02 Å². The minimum absolute atomic E-state index is 0.181. The van der Waals surface area contributed by atoms with Crippen LogP contribution in [-0.2, 0) is 10.2 Å². The quantitative estimate of drug-likeness (QED) is 0.929. The van der Waals surface area contributed by atoms with Crippen LogP contribution in [0.4, 0.5) is 0 Å². The second-order valence-electron chi connectivity index (χ2n) is 6.17. The van der Waals surface area contributed by atoms with Crippen LogP contribution < -0.4 is 5.32 Å². The Kier molecular flexibility index (Phi) is 3.74.